The van der Waals surface area contributed by atoms with Gasteiger partial charge in [0.25, 0.3) is 0 Å². The summed E-state index contributed by atoms with van der Waals surface area (Å²) >= 11 is 0. The summed E-state index contributed by atoms with van der Waals surface area (Å²) in [4.78, 5) is 11.3. The fraction of sp³-hybridized carbons (Fsp3) is 0.500. The van der Waals surface area contributed by atoms with Gasteiger partial charge in [0.05, 0.1) is 6.10 Å². The van der Waals surface area contributed by atoms with E-state index in [9.17, 15) is 15.0 Å². The van der Waals surface area contributed by atoms with Crippen LogP contribution < -0.4 is 5.73 Å². The average Bonchev–Trinajstić information content (AvgIpc) is 2.98. The van der Waals surface area contributed by atoms with Crippen molar-refractivity contribution in [2.24, 2.45) is 28.9 Å². The Bertz CT molecular complexity index is 969. The number of aromatic hydroxyl groups is 1. The Morgan fingerprint density at radius 3 is 2.67 bits per heavy atom. The molecule has 2 saturated carbocycles. The Labute approximate surface area is 178 Å². The second-order valence-electron chi connectivity index (χ2n) is 10.0. The maximum absolute atomic E-state index is 11.4. The van der Waals surface area contributed by atoms with Gasteiger partial charge in [-0.1, -0.05) is 25.1 Å². The van der Waals surface area contributed by atoms with Crippen molar-refractivity contribution < 1.29 is 15.0 Å². The topological polar surface area (TPSA) is 83.5 Å². The first kappa shape index (κ1) is 19.6. The number of phenolic OH excluding ortho intramolecular Hbond substituents is 1. The molecular weight excluding hydrogens is 374 g/mol. The van der Waals surface area contributed by atoms with Crippen LogP contribution >= 0.6 is 0 Å². The molecule has 5 rings (SSSR count). The zero-order chi connectivity index (χ0) is 21.0. The van der Waals surface area contributed by atoms with Crippen LogP contribution in [0.4, 0.5) is 0 Å². The van der Waals surface area contributed by atoms with Crippen molar-refractivity contribution in [1.82, 2.24) is 0 Å². The smallest absolute Gasteiger partial charge is 0.248 e. The molecule has 0 spiro atoms. The highest BCUT2D eigenvalue weighted by molar-refractivity contribution is 5.92. The molecule has 0 unspecified atom stereocenters. The molecule has 30 heavy (non-hydrogen) atoms. The number of aliphatic hydroxyl groups excluding tert-OH is 1. The van der Waals surface area contributed by atoms with Crippen molar-refractivity contribution in [2.45, 2.75) is 57.5 Å². The number of carbonyl (C=O) groups excluding carboxylic acids is 1. The molecule has 0 aromatic heterocycles. The summed E-state index contributed by atoms with van der Waals surface area (Å²) in [7, 11) is 0. The van der Waals surface area contributed by atoms with Crippen LogP contribution in [-0.4, -0.2) is 22.2 Å². The Morgan fingerprint density at radius 2 is 1.93 bits per heavy atom. The van der Waals surface area contributed by atoms with E-state index in [-0.39, 0.29) is 17.4 Å². The fourth-order valence-electron chi connectivity index (χ4n) is 7.02. The Kier molecular flexibility index (Phi) is 4.66. The van der Waals surface area contributed by atoms with Crippen LogP contribution in [0.15, 0.2) is 42.5 Å². The zero-order valence-corrected chi connectivity index (χ0v) is 17.6. The molecule has 6 atom stereocenters. The number of rotatable bonds is 3. The minimum atomic E-state index is -0.405. The van der Waals surface area contributed by atoms with E-state index in [4.69, 9.17) is 5.73 Å². The van der Waals surface area contributed by atoms with Gasteiger partial charge in [-0.25, -0.2) is 0 Å². The molecule has 4 nitrogen and oxygen atoms in total. The number of primary amides is 1. The van der Waals surface area contributed by atoms with Gasteiger partial charge in [0.1, 0.15) is 5.75 Å². The van der Waals surface area contributed by atoms with Gasteiger partial charge >= 0.3 is 0 Å². The summed E-state index contributed by atoms with van der Waals surface area (Å²) in [5.74, 6) is 1.90. The number of phenols is 1. The lowest BCUT2D eigenvalue weighted by Gasteiger charge is -2.50. The Hall–Kier alpha value is -2.33. The third kappa shape index (κ3) is 3.04. The highest BCUT2D eigenvalue weighted by Crippen LogP contribution is 2.62. The number of fused-ring (bicyclic) bond motifs is 5. The molecule has 2 aromatic rings. The van der Waals surface area contributed by atoms with Crippen molar-refractivity contribution in [3.63, 3.8) is 0 Å². The predicted molar refractivity (Wildman–Crippen MR) is 116 cm³/mol. The molecule has 0 heterocycles. The third-order valence-electron chi connectivity index (χ3n) is 8.56. The Morgan fingerprint density at radius 1 is 1.17 bits per heavy atom. The molecule has 4 heteroatoms. The standard InChI is InChI=1S/C26H31NO3/c1-26-11-10-21-20-9-7-19(28)13-17(20)6-8-22(21)23(26)14-18(24(26)29)12-15-2-4-16(5-3-15)25(27)30/h2-5,7,9,13,18,21-24,28-29H,6,8,10-12,14H2,1H3,(H2,27,30)/t18-,21+,22+,23-,24-,26-/m0/s1. The lowest BCUT2D eigenvalue weighted by atomic mass is 9.55. The van der Waals surface area contributed by atoms with Gasteiger partial charge in [-0.15, -0.1) is 0 Å². The first-order chi connectivity index (χ1) is 14.4. The summed E-state index contributed by atoms with van der Waals surface area (Å²) in [6, 6.07) is 13.4. The van der Waals surface area contributed by atoms with Gasteiger partial charge in [0.2, 0.25) is 5.91 Å². The monoisotopic (exact) mass is 405 g/mol. The maximum Gasteiger partial charge on any atom is 0.248 e. The van der Waals surface area contributed by atoms with E-state index in [0.717, 1.165) is 44.1 Å². The molecule has 4 N–H and O–H groups in total. The number of aliphatic hydroxyl groups is 1. The van der Waals surface area contributed by atoms with Gasteiger partial charge in [-0.05, 0) is 109 Å². The highest BCUT2D eigenvalue weighted by Gasteiger charge is 2.57. The third-order valence-corrected chi connectivity index (χ3v) is 8.56. The number of carbonyl (C=O) groups is 1. The SMILES string of the molecule is C[C@]12CC[C@@H]3c4ccc(O)cc4CC[C@H]3[C@@H]1C[C@H](Cc1ccc(C(N)=O)cc1)[C@@H]2O. The molecule has 1 amide bonds. The molecule has 0 aliphatic heterocycles. The van der Waals surface area contributed by atoms with Crippen LogP contribution in [0, 0.1) is 23.2 Å². The molecule has 0 saturated heterocycles. The normalized spacial score (nSPS) is 34.7. The lowest BCUT2D eigenvalue weighted by molar-refractivity contribution is -0.0325. The van der Waals surface area contributed by atoms with E-state index in [1.54, 1.807) is 12.1 Å². The van der Waals surface area contributed by atoms with Crippen molar-refractivity contribution in [3.05, 3.63) is 64.7 Å². The number of benzene rings is 2. The van der Waals surface area contributed by atoms with Crippen LogP contribution in [0.5, 0.6) is 5.75 Å². The largest absolute Gasteiger partial charge is 0.508 e. The lowest BCUT2D eigenvalue weighted by Crippen LogP contribution is -2.44. The minimum absolute atomic E-state index is 0.0204. The summed E-state index contributed by atoms with van der Waals surface area (Å²) < 4.78 is 0. The number of hydrogen-bond donors (Lipinski definition) is 3. The van der Waals surface area contributed by atoms with Crippen molar-refractivity contribution >= 4 is 5.91 Å². The number of nitrogens with two attached hydrogens (primary N) is 1. The summed E-state index contributed by atoms with van der Waals surface area (Å²) in [5, 5.41) is 21.2. The van der Waals surface area contributed by atoms with E-state index < -0.39 is 5.91 Å². The van der Waals surface area contributed by atoms with Crippen LogP contribution in [0.1, 0.15) is 65.6 Å². The second kappa shape index (κ2) is 7.12. The van der Waals surface area contributed by atoms with E-state index in [0.29, 0.717) is 29.1 Å². The molecule has 2 fully saturated rings. The number of hydrogen-bond acceptors (Lipinski definition) is 3. The van der Waals surface area contributed by atoms with Gasteiger partial charge in [0, 0.05) is 5.56 Å². The van der Waals surface area contributed by atoms with Crippen LogP contribution in [0.2, 0.25) is 0 Å². The first-order valence-corrected chi connectivity index (χ1v) is 11.3. The van der Waals surface area contributed by atoms with E-state index in [1.165, 1.54) is 11.1 Å². The van der Waals surface area contributed by atoms with Gasteiger partial charge in [0.15, 0.2) is 0 Å². The molecule has 0 bridgehead atoms. The van der Waals surface area contributed by atoms with Crippen molar-refractivity contribution in [1.29, 1.82) is 0 Å². The van der Waals surface area contributed by atoms with Crippen molar-refractivity contribution in [3.8, 4) is 5.75 Å². The molecule has 2 aromatic carbocycles. The summed E-state index contributed by atoms with van der Waals surface area (Å²) in [6.45, 7) is 2.31. The summed E-state index contributed by atoms with van der Waals surface area (Å²) in [5.41, 5.74) is 9.76. The van der Waals surface area contributed by atoms with Gasteiger partial charge in [-0.3, -0.25) is 4.79 Å². The predicted octanol–water partition coefficient (Wildman–Crippen LogP) is 4.18. The van der Waals surface area contributed by atoms with Crippen LogP contribution in [0.3, 0.4) is 0 Å². The second-order valence-corrected chi connectivity index (χ2v) is 10.0. The summed E-state index contributed by atoms with van der Waals surface area (Å²) in [6.07, 6.45) is 5.95. The quantitative estimate of drug-likeness (QED) is 0.716. The van der Waals surface area contributed by atoms with E-state index in [1.807, 2.05) is 24.3 Å². The molecule has 3 aliphatic carbocycles. The molecule has 3 aliphatic rings. The average molecular weight is 406 g/mol. The van der Waals surface area contributed by atoms with Crippen LogP contribution in [0.25, 0.3) is 0 Å². The van der Waals surface area contributed by atoms with E-state index >= 15 is 0 Å². The van der Waals surface area contributed by atoms with Crippen LogP contribution in [-0.2, 0) is 12.8 Å². The van der Waals surface area contributed by atoms with Crippen molar-refractivity contribution in [2.75, 3.05) is 0 Å². The fourth-order valence-corrected chi connectivity index (χ4v) is 7.02. The molecule has 158 valence electrons. The first-order valence-electron chi connectivity index (χ1n) is 11.3. The molecule has 0 radical (unpaired) electrons. The Balaban J connectivity index is 1.38. The zero-order valence-electron chi connectivity index (χ0n) is 17.6. The van der Waals surface area contributed by atoms with Gasteiger partial charge in [-0.2, -0.15) is 0 Å². The number of aryl methyl sites for hydroxylation is 1. The minimum Gasteiger partial charge on any atom is -0.508 e. The molecular formula is C26H31NO3. The maximum atomic E-state index is 11.4. The van der Waals surface area contributed by atoms with E-state index in [2.05, 4.69) is 13.0 Å². The van der Waals surface area contributed by atoms with Gasteiger partial charge < -0.3 is 15.9 Å². The highest BCUT2D eigenvalue weighted by atomic mass is 16.3. The number of amides is 1.